The van der Waals surface area contributed by atoms with Gasteiger partial charge in [-0.2, -0.15) is 4.89 Å². The Balaban J connectivity index is -0.000000234. The molecular weight excluding hydrogens is 576 g/mol. The number of benzene rings is 2. The van der Waals surface area contributed by atoms with Gasteiger partial charge in [-0.05, 0) is 38.5 Å². The molecule has 0 aliphatic carbocycles. The lowest BCUT2D eigenvalue weighted by Gasteiger charge is -2.02. The molecule has 12 nitrogen and oxygen atoms in total. The highest BCUT2D eigenvalue weighted by Gasteiger charge is 2.03. The number of rotatable bonds is 10. The number of carboxylic acids is 1. The van der Waals surface area contributed by atoms with Gasteiger partial charge in [0.05, 0.1) is 26.4 Å². The second kappa shape index (κ2) is 34.3. The lowest BCUT2D eigenvalue weighted by molar-refractivity contribution is -0.322. The van der Waals surface area contributed by atoms with Gasteiger partial charge in [0.15, 0.2) is 6.79 Å². The van der Waals surface area contributed by atoms with E-state index in [1.807, 2.05) is 26.0 Å². The second-order valence-electron chi connectivity index (χ2n) is 7.96. The zero-order chi connectivity index (χ0) is 34.8. The molecule has 0 aliphatic rings. The van der Waals surface area contributed by atoms with Crippen LogP contribution in [0.5, 0.6) is 0 Å². The van der Waals surface area contributed by atoms with Crippen molar-refractivity contribution in [2.24, 2.45) is 0 Å². The first-order valence-electron chi connectivity index (χ1n) is 12.7. The van der Waals surface area contributed by atoms with Gasteiger partial charge in [0, 0.05) is 13.8 Å². The van der Waals surface area contributed by atoms with E-state index >= 15 is 0 Å². The molecule has 0 saturated heterocycles. The van der Waals surface area contributed by atoms with Crippen LogP contribution in [0, 0.1) is 0 Å². The normalized spacial score (nSPS) is 8.18. The molecule has 0 amide bonds. The number of carbonyl (C=O) groups excluding carboxylic acids is 3. The number of methoxy groups -OCH3 is 2. The number of hydrogen-bond acceptors (Lipinski definition) is 11. The molecule has 0 fully saturated rings. The molecular formula is C32H46O12. The summed E-state index contributed by atoms with van der Waals surface area (Å²) in [5.41, 5.74) is 3.72. The molecule has 0 bridgehead atoms. The SMILES string of the molecule is C=C(C)C.C=C(C)OC(=O)CCOC(C)=O.C=C(OC)OOCO.CC(=O)O.COC=O.c1ccc(-c2ccccc2)cc1. The topological polar surface area (TPSA) is 164 Å². The smallest absolute Gasteiger partial charge is 0.314 e. The molecule has 0 atom stereocenters. The van der Waals surface area contributed by atoms with Crippen molar-refractivity contribution in [3.8, 4) is 11.1 Å². The summed E-state index contributed by atoms with van der Waals surface area (Å²) in [7, 11) is 2.69. The average molecular weight is 623 g/mol. The molecule has 0 unspecified atom stereocenters. The van der Waals surface area contributed by atoms with Crippen LogP contribution < -0.4 is 0 Å². The van der Waals surface area contributed by atoms with Crippen molar-refractivity contribution in [1.29, 1.82) is 0 Å². The van der Waals surface area contributed by atoms with Gasteiger partial charge in [0.1, 0.15) is 6.61 Å². The van der Waals surface area contributed by atoms with Gasteiger partial charge in [-0.15, -0.1) is 6.58 Å². The number of aliphatic hydroxyl groups excluding tert-OH is 1. The minimum Gasteiger partial charge on any atom is -0.481 e. The molecule has 0 radical (unpaired) electrons. The number of allylic oxidation sites excluding steroid dienone is 2. The molecule has 2 aromatic rings. The van der Waals surface area contributed by atoms with E-state index in [1.54, 1.807) is 6.92 Å². The monoisotopic (exact) mass is 622 g/mol. The zero-order valence-electron chi connectivity index (χ0n) is 26.6. The van der Waals surface area contributed by atoms with Gasteiger partial charge in [-0.3, -0.25) is 24.1 Å². The molecule has 2 N–H and O–H groups in total. The molecule has 2 aromatic carbocycles. The van der Waals surface area contributed by atoms with Crippen molar-refractivity contribution in [2.45, 2.75) is 41.0 Å². The van der Waals surface area contributed by atoms with E-state index in [4.69, 9.17) is 19.8 Å². The summed E-state index contributed by atoms with van der Waals surface area (Å²) >= 11 is 0. The highest BCUT2D eigenvalue weighted by atomic mass is 17.2. The van der Waals surface area contributed by atoms with E-state index in [9.17, 15) is 9.59 Å². The molecule has 0 spiro atoms. The Bertz CT molecular complexity index is 994. The Morgan fingerprint density at radius 2 is 1.20 bits per heavy atom. The molecule has 44 heavy (non-hydrogen) atoms. The predicted octanol–water partition coefficient (Wildman–Crippen LogP) is 5.83. The molecule has 0 heterocycles. The van der Waals surface area contributed by atoms with E-state index in [1.165, 1.54) is 37.8 Å². The van der Waals surface area contributed by atoms with E-state index in [2.05, 4.69) is 97.0 Å². The van der Waals surface area contributed by atoms with Gasteiger partial charge in [-0.25, -0.2) is 0 Å². The second-order valence-corrected chi connectivity index (χ2v) is 7.96. The lowest BCUT2D eigenvalue weighted by Crippen LogP contribution is -2.09. The van der Waals surface area contributed by atoms with Crippen molar-refractivity contribution in [3.05, 3.63) is 97.7 Å². The van der Waals surface area contributed by atoms with Crippen LogP contribution in [0.2, 0.25) is 0 Å². The van der Waals surface area contributed by atoms with Crippen LogP contribution in [0.1, 0.15) is 41.0 Å². The maximum atomic E-state index is 10.8. The Hall–Kier alpha value is -4.94. The van der Waals surface area contributed by atoms with Crippen LogP contribution in [0.15, 0.2) is 97.7 Å². The van der Waals surface area contributed by atoms with Crippen LogP contribution in [-0.4, -0.2) is 62.2 Å². The number of hydrogen-bond donors (Lipinski definition) is 2. The molecule has 0 aliphatic heterocycles. The minimum atomic E-state index is -0.833. The van der Waals surface area contributed by atoms with E-state index < -0.39 is 24.7 Å². The van der Waals surface area contributed by atoms with Crippen LogP contribution in [0.3, 0.4) is 0 Å². The first-order valence-corrected chi connectivity index (χ1v) is 12.7. The van der Waals surface area contributed by atoms with Crippen LogP contribution in [0.25, 0.3) is 11.1 Å². The van der Waals surface area contributed by atoms with Gasteiger partial charge < -0.3 is 29.2 Å². The maximum Gasteiger partial charge on any atom is 0.314 e. The molecule has 0 aromatic heterocycles. The molecule has 246 valence electrons. The number of carboxylic acid groups (broad SMARTS) is 1. The fourth-order valence-corrected chi connectivity index (χ4v) is 1.91. The third kappa shape index (κ3) is 46.9. The third-order valence-electron chi connectivity index (χ3n) is 3.31. The van der Waals surface area contributed by atoms with Crippen molar-refractivity contribution in [2.75, 3.05) is 27.6 Å². The summed E-state index contributed by atoms with van der Waals surface area (Å²) in [5, 5.41) is 15.4. The quantitative estimate of drug-likeness (QED) is 0.0476. The Kier molecular flexibility index (Phi) is 35.8. The van der Waals surface area contributed by atoms with Crippen molar-refractivity contribution < 1.29 is 58.1 Å². The summed E-state index contributed by atoms with van der Waals surface area (Å²) in [6.45, 7) is 18.0. The van der Waals surface area contributed by atoms with Crippen LogP contribution >= 0.6 is 0 Å². The number of ether oxygens (including phenoxy) is 4. The van der Waals surface area contributed by atoms with Crippen molar-refractivity contribution >= 4 is 24.4 Å². The number of aliphatic carboxylic acids is 1. The summed E-state index contributed by atoms with van der Waals surface area (Å²) in [5.74, 6) is -1.33. The highest BCUT2D eigenvalue weighted by molar-refractivity contribution is 5.71. The number of aliphatic hydroxyl groups is 1. The lowest BCUT2D eigenvalue weighted by atomic mass is 10.1. The Labute approximate surface area is 260 Å². The first-order chi connectivity index (χ1) is 20.7. The fraction of sp³-hybridized carbons (Fsp3) is 0.312. The van der Waals surface area contributed by atoms with E-state index in [0.717, 1.165) is 6.92 Å². The first kappa shape index (κ1) is 46.0. The van der Waals surface area contributed by atoms with Gasteiger partial charge >= 0.3 is 17.9 Å². The predicted molar refractivity (Wildman–Crippen MR) is 166 cm³/mol. The minimum absolute atomic E-state index is 0.0130. The van der Waals surface area contributed by atoms with E-state index in [-0.39, 0.29) is 19.0 Å². The molecule has 0 saturated carbocycles. The molecule has 12 heteroatoms. The summed E-state index contributed by atoms with van der Waals surface area (Å²) < 4.78 is 17.4. The summed E-state index contributed by atoms with van der Waals surface area (Å²) in [4.78, 5) is 47.2. The third-order valence-corrected chi connectivity index (χ3v) is 3.31. The van der Waals surface area contributed by atoms with Crippen LogP contribution in [0.4, 0.5) is 0 Å². The van der Waals surface area contributed by atoms with Crippen molar-refractivity contribution in [1.82, 2.24) is 0 Å². The van der Waals surface area contributed by atoms with Gasteiger partial charge in [0.2, 0.25) is 0 Å². The Morgan fingerprint density at radius 1 is 0.818 bits per heavy atom. The average Bonchev–Trinajstić information content (AvgIpc) is 2.96. The van der Waals surface area contributed by atoms with Crippen LogP contribution in [-0.2, 0) is 47.9 Å². The number of esters is 2. The summed E-state index contributed by atoms with van der Waals surface area (Å²) in [6, 6.07) is 20.8. The highest BCUT2D eigenvalue weighted by Crippen LogP contribution is 2.17. The maximum absolute atomic E-state index is 10.8. The van der Waals surface area contributed by atoms with Gasteiger partial charge in [-0.1, -0.05) is 72.8 Å². The molecule has 2 rings (SSSR count). The Morgan fingerprint density at radius 3 is 1.48 bits per heavy atom. The fourth-order valence-electron chi connectivity index (χ4n) is 1.91. The zero-order valence-corrected chi connectivity index (χ0v) is 26.6. The van der Waals surface area contributed by atoms with Crippen molar-refractivity contribution in [3.63, 3.8) is 0 Å². The largest absolute Gasteiger partial charge is 0.481 e. The number of carbonyl (C=O) groups is 4. The van der Waals surface area contributed by atoms with Gasteiger partial charge in [0.25, 0.3) is 12.4 Å². The standard InChI is InChI=1S/C12H10.C8H12O4.C4H8O4.C4H8.2C2H4O2/c1-3-7-11(8-4-1)12-9-5-2-6-10-12;1-6(2)12-8(10)4-5-11-7(3)9;1-4(6-2)8-7-3-5;1-4(2)3;1-4-2-3;1-2(3)4/h1-10H;1,4-5H2,2-3H3;5H,1,3H2,2H3;1H2,2-3H3;2H,1H3;1H3,(H,3,4). The van der Waals surface area contributed by atoms with E-state index in [0.29, 0.717) is 12.2 Å². The summed E-state index contributed by atoms with van der Waals surface area (Å²) in [6.07, 6.45) is 0.0619.